The van der Waals surface area contributed by atoms with Crippen LogP contribution in [-0.2, 0) is 0 Å². The van der Waals surface area contributed by atoms with Crippen LogP contribution in [0.1, 0.15) is 5.56 Å². The zero-order chi connectivity index (χ0) is 14.7. The van der Waals surface area contributed by atoms with E-state index in [-0.39, 0.29) is 0 Å². The lowest BCUT2D eigenvalue weighted by molar-refractivity contribution is 1.00. The Labute approximate surface area is 130 Å². The lowest BCUT2D eigenvalue weighted by atomic mass is 10.2. The van der Waals surface area contributed by atoms with Crippen molar-refractivity contribution in [2.24, 2.45) is 0 Å². The molecule has 2 aromatic heterocycles. The molecule has 106 valence electrons. The number of rotatable bonds is 5. The summed E-state index contributed by atoms with van der Waals surface area (Å²) in [5.74, 6) is 0. The molecule has 0 atom stereocenters. The van der Waals surface area contributed by atoms with E-state index in [4.69, 9.17) is 0 Å². The summed E-state index contributed by atoms with van der Waals surface area (Å²) >= 11 is 3.01. The Morgan fingerprint density at radius 3 is 3.10 bits per heavy atom. The molecule has 0 fully saturated rings. The van der Waals surface area contributed by atoms with Gasteiger partial charge >= 0.3 is 0 Å². The van der Waals surface area contributed by atoms with Gasteiger partial charge in [-0.2, -0.15) is 0 Å². The van der Waals surface area contributed by atoms with Crippen molar-refractivity contribution >= 4 is 39.1 Å². The van der Waals surface area contributed by atoms with Gasteiger partial charge in [0, 0.05) is 11.9 Å². The molecule has 0 amide bonds. The molecule has 5 nitrogen and oxygen atoms in total. The van der Waals surface area contributed by atoms with Crippen molar-refractivity contribution in [1.29, 1.82) is 0 Å². The highest BCUT2D eigenvalue weighted by Crippen LogP contribution is 2.34. The number of nitrogens with one attached hydrogen (secondary N) is 1. The average Bonchev–Trinajstić information content (AvgIpc) is 2.93. The molecule has 0 spiro atoms. The van der Waals surface area contributed by atoms with Crippen LogP contribution in [-0.4, -0.2) is 26.7 Å². The van der Waals surface area contributed by atoms with Crippen LogP contribution in [0.15, 0.2) is 46.5 Å². The minimum atomic E-state index is 0.676. The predicted octanol–water partition coefficient (Wildman–Crippen LogP) is 3.54. The summed E-state index contributed by atoms with van der Waals surface area (Å²) in [7, 11) is 0. The standard InChI is InChI=1S/C14H13N5S2/c1-3-6-15-13-18-19-14(21-13)20-12-10-7-9(2)4-5-11(10)16-8-17-12/h3-5,7-8H,1,6H2,2H3,(H,15,18). The van der Waals surface area contributed by atoms with Crippen LogP contribution in [0, 0.1) is 6.92 Å². The van der Waals surface area contributed by atoms with Crippen LogP contribution in [0.5, 0.6) is 0 Å². The fourth-order valence-electron chi connectivity index (χ4n) is 1.79. The zero-order valence-electron chi connectivity index (χ0n) is 11.4. The van der Waals surface area contributed by atoms with E-state index >= 15 is 0 Å². The summed E-state index contributed by atoms with van der Waals surface area (Å²) in [5.41, 5.74) is 2.12. The maximum atomic E-state index is 4.37. The van der Waals surface area contributed by atoms with E-state index in [1.165, 1.54) is 28.7 Å². The molecule has 1 aromatic carbocycles. The molecule has 3 aromatic rings. The van der Waals surface area contributed by atoms with Crippen molar-refractivity contribution in [3.05, 3.63) is 42.7 Å². The fraction of sp³-hybridized carbons (Fsp3) is 0.143. The van der Waals surface area contributed by atoms with Crippen LogP contribution in [0.3, 0.4) is 0 Å². The van der Waals surface area contributed by atoms with Gasteiger partial charge in [0.25, 0.3) is 0 Å². The molecule has 0 aliphatic heterocycles. The highest BCUT2D eigenvalue weighted by atomic mass is 32.2. The summed E-state index contributed by atoms with van der Waals surface area (Å²) < 4.78 is 0.850. The summed E-state index contributed by atoms with van der Waals surface area (Å²) in [6.07, 6.45) is 3.37. The van der Waals surface area contributed by atoms with Crippen molar-refractivity contribution in [3.63, 3.8) is 0 Å². The molecule has 0 unspecified atom stereocenters. The molecule has 1 N–H and O–H groups in total. The van der Waals surface area contributed by atoms with E-state index < -0.39 is 0 Å². The maximum absolute atomic E-state index is 4.37. The molecule has 21 heavy (non-hydrogen) atoms. The van der Waals surface area contributed by atoms with Gasteiger partial charge in [-0.05, 0) is 30.8 Å². The normalized spacial score (nSPS) is 10.7. The summed E-state index contributed by atoms with van der Waals surface area (Å²) in [6.45, 7) is 6.40. The van der Waals surface area contributed by atoms with E-state index in [9.17, 15) is 0 Å². The molecule has 0 saturated carbocycles. The van der Waals surface area contributed by atoms with Crippen molar-refractivity contribution in [2.75, 3.05) is 11.9 Å². The van der Waals surface area contributed by atoms with E-state index in [0.29, 0.717) is 6.54 Å². The number of hydrogen-bond acceptors (Lipinski definition) is 7. The Morgan fingerprint density at radius 2 is 2.24 bits per heavy atom. The van der Waals surface area contributed by atoms with Crippen molar-refractivity contribution in [2.45, 2.75) is 16.3 Å². The molecule has 0 aliphatic carbocycles. The average molecular weight is 315 g/mol. The lowest BCUT2D eigenvalue weighted by Gasteiger charge is -2.03. The molecule has 3 rings (SSSR count). The van der Waals surface area contributed by atoms with Gasteiger partial charge in [-0.25, -0.2) is 9.97 Å². The van der Waals surface area contributed by atoms with Gasteiger partial charge in [0.1, 0.15) is 11.4 Å². The number of fused-ring (bicyclic) bond motifs is 1. The van der Waals surface area contributed by atoms with E-state index in [2.05, 4.69) is 45.1 Å². The molecule has 0 bridgehead atoms. The Morgan fingerprint density at radius 1 is 1.33 bits per heavy atom. The quantitative estimate of drug-likeness (QED) is 0.574. The number of anilines is 1. The number of hydrogen-bond donors (Lipinski definition) is 1. The predicted molar refractivity (Wildman–Crippen MR) is 87.0 cm³/mol. The van der Waals surface area contributed by atoms with Gasteiger partial charge in [-0.15, -0.1) is 16.8 Å². The summed E-state index contributed by atoms with van der Waals surface area (Å²) in [4.78, 5) is 8.66. The summed E-state index contributed by atoms with van der Waals surface area (Å²) in [5, 5.41) is 14.1. The Balaban J connectivity index is 1.89. The third-order valence-corrected chi connectivity index (χ3v) is 4.69. The lowest BCUT2D eigenvalue weighted by Crippen LogP contribution is -1.96. The Bertz CT molecular complexity index is 784. The zero-order valence-corrected chi connectivity index (χ0v) is 13.0. The highest BCUT2D eigenvalue weighted by molar-refractivity contribution is 8.01. The minimum Gasteiger partial charge on any atom is -0.357 e. The smallest absolute Gasteiger partial charge is 0.206 e. The van der Waals surface area contributed by atoms with Crippen LogP contribution in [0.4, 0.5) is 5.13 Å². The van der Waals surface area contributed by atoms with Gasteiger partial charge < -0.3 is 5.32 Å². The largest absolute Gasteiger partial charge is 0.357 e. The van der Waals surface area contributed by atoms with Crippen LogP contribution in [0.25, 0.3) is 10.9 Å². The molecule has 0 radical (unpaired) electrons. The van der Waals surface area contributed by atoms with Crippen LogP contribution < -0.4 is 5.32 Å². The topological polar surface area (TPSA) is 63.6 Å². The fourth-order valence-corrected chi connectivity index (χ4v) is 3.54. The second-order valence-corrected chi connectivity index (χ2v) is 6.56. The second kappa shape index (κ2) is 6.19. The van der Waals surface area contributed by atoms with E-state index in [0.717, 1.165) is 25.4 Å². The van der Waals surface area contributed by atoms with Crippen molar-refractivity contribution in [3.8, 4) is 0 Å². The highest BCUT2D eigenvalue weighted by Gasteiger charge is 2.10. The molecular formula is C14H13N5S2. The first-order chi connectivity index (χ1) is 10.3. The second-order valence-electron chi connectivity index (χ2n) is 4.34. The molecule has 0 aliphatic rings. The van der Waals surface area contributed by atoms with Gasteiger partial charge in [-0.1, -0.05) is 29.0 Å². The van der Waals surface area contributed by atoms with Gasteiger partial charge in [0.15, 0.2) is 4.34 Å². The molecular weight excluding hydrogens is 302 g/mol. The first-order valence-corrected chi connectivity index (χ1v) is 7.97. The van der Waals surface area contributed by atoms with Crippen LogP contribution in [0.2, 0.25) is 0 Å². The molecule has 0 saturated heterocycles. The minimum absolute atomic E-state index is 0.676. The maximum Gasteiger partial charge on any atom is 0.206 e. The van der Waals surface area contributed by atoms with E-state index in [1.807, 2.05) is 12.1 Å². The van der Waals surface area contributed by atoms with Gasteiger partial charge in [0.05, 0.1) is 5.52 Å². The van der Waals surface area contributed by atoms with Gasteiger partial charge in [0.2, 0.25) is 5.13 Å². The van der Waals surface area contributed by atoms with Gasteiger partial charge in [-0.3, -0.25) is 0 Å². The first kappa shape index (κ1) is 14.0. The monoisotopic (exact) mass is 315 g/mol. The number of aryl methyl sites for hydroxylation is 1. The SMILES string of the molecule is C=CCNc1nnc(Sc2ncnc3ccc(C)cc23)s1. The first-order valence-electron chi connectivity index (χ1n) is 6.34. The third-order valence-electron chi connectivity index (χ3n) is 2.74. The third kappa shape index (κ3) is 3.20. The molecule has 2 heterocycles. The van der Waals surface area contributed by atoms with Crippen LogP contribution >= 0.6 is 23.1 Å². The Kier molecular flexibility index (Phi) is 4.12. The van der Waals surface area contributed by atoms with Crippen molar-refractivity contribution < 1.29 is 0 Å². The number of aromatic nitrogens is 4. The van der Waals surface area contributed by atoms with Crippen molar-refractivity contribution in [1.82, 2.24) is 20.2 Å². The summed E-state index contributed by atoms with van der Waals surface area (Å²) in [6, 6.07) is 6.15. The number of benzene rings is 1. The molecule has 7 heteroatoms. The Hall–Kier alpha value is -1.99. The number of nitrogens with zero attached hydrogens (tertiary/aromatic N) is 4. The van der Waals surface area contributed by atoms with E-state index in [1.54, 1.807) is 12.4 Å².